The summed E-state index contributed by atoms with van der Waals surface area (Å²) in [5.41, 5.74) is 0.112. The number of oxime groups is 1. The summed E-state index contributed by atoms with van der Waals surface area (Å²) >= 11 is 0. The predicted octanol–water partition coefficient (Wildman–Crippen LogP) is 6.20. The number of esters is 1. The van der Waals surface area contributed by atoms with Crippen LogP contribution in [0.2, 0.25) is 0 Å². The van der Waals surface area contributed by atoms with Crippen molar-refractivity contribution >= 4 is 11.7 Å². The number of rotatable bonds is 10. The van der Waals surface area contributed by atoms with Gasteiger partial charge in [0.2, 0.25) is 0 Å². The van der Waals surface area contributed by atoms with Crippen molar-refractivity contribution in [2.24, 2.45) is 11.1 Å². The van der Waals surface area contributed by atoms with Crippen molar-refractivity contribution in [1.82, 2.24) is 0 Å². The number of carbonyl (C=O) groups is 1. The lowest BCUT2D eigenvalue weighted by atomic mass is 10.1. The average Bonchev–Trinajstić information content (AvgIpc) is 2.74. The summed E-state index contributed by atoms with van der Waals surface area (Å²) in [5, 5.41) is 3.95. The van der Waals surface area contributed by atoms with Crippen LogP contribution < -0.4 is 9.47 Å². The highest BCUT2D eigenvalue weighted by atomic mass is 19.4. The third-order valence-corrected chi connectivity index (χ3v) is 4.35. The molecule has 0 N–H and O–H groups in total. The Morgan fingerprint density at radius 3 is 1.97 bits per heavy atom. The van der Waals surface area contributed by atoms with Crippen molar-refractivity contribution in [2.45, 2.75) is 46.4 Å². The molecule has 0 saturated carbocycles. The SMILES string of the molecule is CCC(=NOCOC(=O)C(C)Oc1ccc(Oc2ccc(C(F)(F)F)cc2)cc1)C(C)C. The van der Waals surface area contributed by atoms with Gasteiger partial charge in [0, 0.05) is 0 Å². The minimum Gasteiger partial charge on any atom is -0.479 e. The van der Waals surface area contributed by atoms with Crippen LogP contribution in [-0.4, -0.2) is 24.6 Å². The van der Waals surface area contributed by atoms with Crippen LogP contribution in [0.15, 0.2) is 53.7 Å². The van der Waals surface area contributed by atoms with E-state index < -0.39 is 23.8 Å². The normalized spacial score (nSPS) is 12.9. The molecule has 2 rings (SSSR count). The summed E-state index contributed by atoms with van der Waals surface area (Å²) < 4.78 is 53.9. The van der Waals surface area contributed by atoms with E-state index in [2.05, 4.69) is 5.16 Å². The van der Waals surface area contributed by atoms with E-state index in [9.17, 15) is 18.0 Å². The smallest absolute Gasteiger partial charge is 0.416 e. The van der Waals surface area contributed by atoms with Crippen LogP contribution >= 0.6 is 0 Å². The van der Waals surface area contributed by atoms with Crippen LogP contribution in [0, 0.1) is 5.92 Å². The van der Waals surface area contributed by atoms with Crippen molar-refractivity contribution in [2.75, 3.05) is 6.79 Å². The van der Waals surface area contributed by atoms with Crippen LogP contribution in [0.5, 0.6) is 17.2 Å². The molecular weight excluding hydrogens is 427 g/mol. The number of benzene rings is 2. The molecule has 0 aliphatic rings. The van der Waals surface area contributed by atoms with E-state index in [1.807, 2.05) is 20.8 Å². The van der Waals surface area contributed by atoms with E-state index >= 15 is 0 Å². The lowest BCUT2D eigenvalue weighted by molar-refractivity contribution is -0.163. The van der Waals surface area contributed by atoms with E-state index in [-0.39, 0.29) is 18.5 Å². The van der Waals surface area contributed by atoms with Crippen LogP contribution in [0.3, 0.4) is 0 Å². The number of nitrogens with zero attached hydrogens (tertiary/aromatic N) is 1. The van der Waals surface area contributed by atoms with Crippen molar-refractivity contribution in [3.8, 4) is 17.2 Å². The van der Waals surface area contributed by atoms with E-state index in [1.165, 1.54) is 19.1 Å². The lowest BCUT2D eigenvalue weighted by Crippen LogP contribution is -2.26. The molecule has 174 valence electrons. The van der Waals surface area contributed by atoms with Gasteiger partial charge in [0.05, 0.1) is 11.3 Å². The molecular formula is C23H26F3NO5. The molecule has 0 bridgehead atoms. The van der Waals surface area contributed by atoms with E-state index in [0.717, 1.165) is 24.3 Å². The van der Waals surface area contributed by atoms with Gasteiger partial charge in [-0.25, -0.2) is 4.79 Å². The zero-order chi connectivity index (χ0) is 23.7. The highest BCUT2D eigenvalue weighted by Gasteiger charge is 2.30. The van der Waals surface area contributed by atoms with Gasteiger partial charge in [0.15, 0.2) is 6.10 Å². The van der Waals surface area contributed by atoms with Crippen LogP contribution in [0.4, 0.5) is 13.2 Å². The standard InChI is InChI=1S/C23H26F3NO5/c1-5-21(15(2)3)27-30-14-29-22(28)16(4)31-18-10-12-20(13-11-18)32-19-8-6-17(7-9-19)23(24,25)26/h6-13,15-16H,5,14H2,1-4H3. The fraction of sp³-hybridized carbons (Fsp3) is 0.391. The summed E-state index contributed by atoms with van der Waals surface area (Å²) in [7, 11) is 0. The second kappa shape index (κ2) is 11.4. The molecule has 2 aromatic carbocycles. The molecule has 0 saturated heterocycles. The van der Waals surface area contributed by atoms with Gasteiger partial charge in [0.25, 0.3) is 6.79 Å². The van der Waals surface area contributed by atoms with Gasteiger partial charge in [-0.05, 0) is 67.8 Å². The molecule has 1 unspecified atom stereocenters. The van der Waals surface area contributed by atoms with Crippen molar-refractivity contribution in [3.63, 3.8) is 0 Å². The summed E-state index contributed by atoms with van der Waals surface area (Å²) in [6.07, 6.45) is -4.55. The third-order valence-electron chi connectivity index (χ3n) is 4.35. The van der Waals surface area contributed by atoms with Crippen LogP contribution in [0.1, 0.15) is 39.7 Å². The number of alkyl halides is 3. The molecule has 0 radical (unpaired) electrons. The Bertz CT molecular complexity index is 893. The molecule has 2 aromatic rings. The molecule has 32 heavy (non-hydrogen) atoms. The fourth-order valence-corrected chi connectivity index (χ4v) is 2.58. The minimum atomic E-state index is -4.40. The summed E-state index contributed by atoms with van der Waals surface area (Å²) in [6.45, 7) is 7.16. The number of carbonyl (C=O) groups excluding carboxylic acids is 1. The molecule has 9 heteroatoms. The van der Waals surface area contributed by atoms with Gasteiger partial charge in [-0.2, -0.15) is 13.2 Å². The first kappa shape index (κ1) is 25.0. The average molecular weight is 453 g/mol. The molecule has 0 spiro atoms. The second-order valence-electron chi connectivity index (χ2n) is 7.16. The summed E-state index contributed by atoms with van der Waals surface area (Å²) in [4.78, 5) is 17.0. The number of ether oxygens (including phenoxy) is 3. The Kier molecular flexibility index (Phi) is 8.92. The molecule has 0 amide bonds. The fourth-order valence-electron chi connectivity index (χ4n) is 2.58. The highest BCUT2D eigenvalue weighted by molar-refractivity contribution is 5.85. The van der Waals surface area contributed by atoms with Crippen molar-refractivity contribution in [3.05, 3.63) is 54.1 Å². The van der Waals surface area contributed by atoms with Gasteiger partial charge >= 0.3 is 12.1 Å². The maximum absolute atomic E-state index is 12.6. The topological polar surface area (TPSA) is 66.4 Å². The monoisotopic (exact) mass is 453 g/mol. The Hall–Kier alpha value is -3.23. The van der Waals surface area contributed by atoms with Gasteiger partial charge in [-0.15, -0.1) is 0 Å². The maximum Gasteiger partial charge on any atom is 0.416 e. The zero-order valence-electron chi connectivity index (χ0n) is 18.3. The van der Waals surface area contributed by atoms with Gasteiger partial charge < -0.3 is 19.0 Å². The number of halogens is 3. The van der Waals surface area contributed by atoms with Crippen LogP contribution in [-0.2, 0) is 20.5 Å². The molecule has 0 aliphatic carbocycles. The highest BCUT2D eigenvalue weighted by Crippen LogP contribution is 2.31. The number of hydrogen-bond acceptors (Lipinski definition) is 6. The number of hydrogen-bond donors (Lipinski definition) is 0. The van der Waals surface area contributed by atoms with Crippen molar-refractivity contribution in [1.29, 1.82) is 0 Å². The second-order valence-corrected chi connectivity index (χ2v) is 7.16. The third kappa shape index (κ3) is 7.79. The quantitative estimate of drug-likeness (QED) is 0.141. The minimum absolute atomic E-state index is 0.240. The first-order valence-electron chi connectivity index (χ1n) is 10.1. The molecule has 1 atom stereocenters. The predicted molar refractivity (Wildman–Crippen MR) is 113 cm³/mol. The van der Waals surface area contributed by atoms with E-state index in [1.54, 1.807) is 24.3 Å². The van der Waals surface area contributed by atoms with E-state index in [0.29, 0.717) is 11.5 Å². The van der Waals surface area contributed by atoms with Gasteiger partial charge in [-0.1, -0.05) is 25.9 Å². The zero-order valence-corrected chi connectivity index (χ0v) is 18.3. The summed E-state index contributed by atoms with van der Waals surface area (Å²) in [6, 6.07) is 10.6. The molecule has 6 nitrogen and oxygen atoms in total. The molecule has 0 fully saturated rings. The largest absolute Gasteiger partial charge is 0.479 e. The Labute approximate surface area is 184 Å². The van der Waals surface area contributed by atoms with Crippen LogP contribution in [0.25, 0.3) is 0 Å². The summed E-state index contributed by atoms with van der Waals surface area (Å²) in [5.74, 6) is 0.670. The van der Waals surface area contributed by atoms with Gasteiger partial charge in [-0.3, -0.25) is 0 Å². The van der Waals surface area contributed by atoms with E-state index in [4.69, 9.17) is 19.0 Å². The molecule has 0 aliphatic heterocycles. The first-order chi connectivity index (χ1) is 15.1. The van der Waals surface area contributed by atoms with Gasteiger partial charge in [0.1, 0.15) is 17.2 Å². The molecule has 0 heterocycles. The maximum atomic E-state index is 12.6. The van der Waals surface area contributed by atoms with Crippen molar-refractivity contribution < 1.29 is 37.0 Å². The Balaban J connectivity index is 1.83. The first-order valence-corrected chi connectivity index (χ1v) is 10.1. The Morgan fingerprint density at radius 2 is 1.47 bits per heavy atom. The molecule has 0 aromatic heterocycles. The Morgan fingerprint density at radius 1 is 0.938 bits per heavy atom. The lowest BCUT2D eigenvalue weighted by Gasteiger charge is -2.14.